The van der Waals surface area contributed by atoms with Crippen LogP contribution in [-0.2, 0) is 4.79 Å². The van der Waals surface area contributed by atoms with Gasteiger partial charge in [0.15, 0.2) is 0 Å². The summed E-state index contributed by atoms with van der Waals surface area (Å²) in [5.74, 6) is 1.22. The molecule has 3 atom stereocenters. The molecule has 1 unspecified atom stereocenters. The predicted octanol–water partition coefficient (Wildman–Crippen LogP) is 1.09. The Morgan fingerprint density at radius 1 is 1.55 bits per heavy atom. The number of allylic oxidation sites excluding steroid dienone is 1. The number of nitrogens with one attached hydrogen (secondary N) is 1. The molecular formula is C9H13NO. The Morgan fingerprint density at radius 2 is 2.36 bits per heavy atom. The highest BCUT2D eigenvalue weighted by molar-refractivity contribution is 5.86. The van der Waals surface area contributed by atoms with E-state index in [2.05, 4.69) is 17.5 Å². The number of hydrogen-bond acceptors (Lipinski definition) is 1. The molecule has 2 aliphatic rings. The van der Waals surface area contributed by atoms with Gasteiger partial charge < -0.3 is 5.32 Å². The first-order valence-electron chi connectivity index (χ1n) is 4.26. The molecule has 2 fully saturated rings. The number of carbonyl (C=O) groups excluding carboxylic acids is 1. The zero-order valence-electron chi connectivity index (χ0n) is 6.71. The van der Waals surface area contributed by atoms with Crippen LogP contribution in [0.2, 0.25) is 0 Å². The van der Waals surface area contributed by atoms with E-state index in [-0.39, 0.29) is 5.91 Å². The van der Waals surface area contributed by atoms with E-state index in [0.29, 0.717) is 17.9 Å². The van der Waals surface area contributed by atoms with Crippen LogP contribution in [0.25, 0.3) is 0 Å². The molecule has 1 amide bonds. The van der Waals surface area contributed by atoms with Crippen molar-refractivity contribution in [2.75, 3.05) is 0 Å². The molecule has 0 bridgehead atoms. The van der Waals surface area contributed by atoms with Gasteiger partial charge in [0.2, 0.25) is 5.91 Å². The van der Waals surface area contributed by atoms with Crippen molar-refractivity contribution < 1.29 is 4.79 Å². The van der Waals surface area contributed by atoms with E-state index in [4.69, 9.17) is 0 Å². The third-order valence-corrected chi connectivity index (χ3v) is 2.79. The van der Waals surface area contributed by atoms with Crippen LogP contribution in [0, 0.1) is 11.8 Å². The van der Waals surface area contributed by atoms with E-state index < -0.39 is 0 Å². The summed E-state index contributed by atoms with van der Waals surface area (Å²) < 4.78 is 0. The highest BCUT2D eigenvalue weighted by atomic mass is 16.2. The number of amides is 1. The Kier molecular flexibility index (Phi) is 1.48. The number of β-lactam (4-membered cyclic amide) rings is 1. The van der Waals surface area contributed by atoms with Crippen LogP contribution in [0.15, 0.2) is 12.2 Å². The van der Waals surface area contributed by atoms with Gasteiger partial charge in [-0.1, -0.05) is 12.2 Å². The summed E-state index contributed by atoms with van der Waals surface area (Å²) in [6.45, 7) is 2.04. The molecule has 2 heteroatoms. The van der Waals surface area contributed by atoms with Crippen molar-refractivity contribution in [3.05, 3.63) is 12.2 Å². The van der Waals surface area contributed by atoms with Crippen LogP contribution in [0.5, 0.6) is 0 Å². The lowest BCUT2D eigenvalue weighted by atomic mass is 9.89. The van der Waals surface area contributed by atoms with E-state index >= 15 is 0 Å². The first-order chi connectivity index (χ1) is 5.33. The minimum absolute atomic E-state index is 0.266. The third-order valence-electron chi connectivity index (χ3n) is 2.79. The van der Waals surface area contributed by atoms with Gasteiger partial charge in [0.05, 0.1) is 5.92 Å². The topological polar surface area (TPSA) is 29.1 Å². The van der Waals surface area contributed by atoms with Gasteiger partial charge in [-0.3, -0.25) is 4.79 Å². The molecule has 1 saturated carbocycles. The van der Waals surface area contributed by atoms with Gasteiger partial charge >= 0.3 is 0 Å². The molecule has 0 aromatic rings. The number of rotatable bonds is 1. The lowest BCUT2D eigenvalue weighted by molar-refractivity contribution is -0.134. The molecule has 1 N–H and O–H groups in total. The molecule has 2 rings (SSSR count). The molecule has 1 aliphatic carbocycles. The third kappa shape index (κ3) is 0.889. The molecule has 0 aromatic heterocycles. The van der Waals surface area contributed by atoms with E-state index in [1.54, 1.807) is 0 Å². The predicted molar refractivity (Wildman–Crippen MR) is 43.0 cm³/mol. The van der Waals surface area contributed by atoms with Crippen LogP contribution < -0.4 is 5.32 Å². The Bertz CT molecular complexity index is 210. The van der Waals surface area contributed by atoms with Crippen molar-refractivity contribution >= 4 is 5.91 Å². The fourth-order valence-electron chi connectivity index (χ4n) is 2.17. The highest BCUT2D eigenvalue weighted by Crippen LogP contribution is 2.37. The smallest absolute Gasteiger partial charge is 0.225 e. The Balaban J connectivity index is 2.04. The largest absolute Gasteiger partial charge is 0.352 e. The fraction of sp³-hybridized carbons (Fsp3) is 0.667. The van der Waals surface area contributed by atoms with Crippen LogP contribution in [0.4, 0.5) is 0 Å². The lowest BCUT2D eigenvalue weighted by Crippen LogP contribution is -2.57. The second kappa shape index (κ2) is 2.36. The molecule has 60 valence electrons. The summed E-state index contributed by atoms with van der Waals surface area (Å²) in [5, 5.41) is 2.95. The molecular weight excluding hydrogens is 138 g/mol. The minimum atomic E-state index is 0.266. The van der Waals surface area contributed by atoms with Crippen LogP contribution in [0.3, 0.4) is 0 Å². The van der Waals surface area contributed by atoms with Crippen molar-refractivity contribution in [1.29, 1.82) is 0 Å². The Labute approximate surface area is 66.7 Å². The number of fused-ring (bicyclic) bond motifs is 1. The maximum absolute atomic E-state index is 10.9. The Morgan fingerprint density at radius 3 is 2.91 bits per heavy atom. The van der Waals surface area contributed by atoms with Crippen molar-refractivity contribution in [2.24, 2.45) is 11.8 Å². The van der Waals surface area contributed by atoms with Crippen LogP contribution in [-0.4, -0.2) is 11.9 Å². The molecule has 0 radical (unpaired) electrons. The van der Waals surface area contributed by atoms with Gasteiger partial charge in [-0.2, -0.15) is 0 Å². The van der Waals surface area contributed by atoms with Crippen molar-refractivity contribution in [1.82, 2.24) is 5.32 Å². The molecule has 1 saturated heterocycles. The summed E-state index contributed by atoms with van der Waals surface area (Å²) >= 11 is 0. The van der Waals surface area contributed by atoms with Gasteiger partial charge in [-0.15, -0.1) is 0 Å². The maximum Gasteiger partial charge on any atom is 0.225 e. The van der Waals surface area contributed by atoms with Crippen molar-refractivity contribution in [3.63, 3.8) is 0 Å². The quantitative estimate of drug-likeness (QED) is 0.441. The zero-order chi connectivity index (χ0) is 7.84. The number of carbonyl (C=O) groups is 1. The van der Waals surface area contributed by atoms with E-state index in [0.717, 1.165) is 6.42 Å². The summed E-state index contributed by atoms with van der Waals surface area (Å²) in [6, 6.07) is 0.471. The van der Waals surface area contributed by atoms with Gasteiger partial charge in [0, 0.05) is 6.04 Å². The SMILES string of the molecule is C/C=C\C1CC[C@H]2C(=O)N[C@@H]12. The lowest BCUT2D eigenvalue weighted by Gasteiger charge is -2.33. The molecule has 0 spiro atoms. The van der Waals surface area contributed by atoms with Crippen molar-refractivity contribution in [2.45, 2.75) is 25.8 Å². The summed E-state index contributed by atoms with van der Waals surface area (Å²) in [6.07, 6.45) is 6.56. The first kappa shape index (κ1) is 6.89. The molecule has 1 aliphatic heterocycles. The van der Waals surface area contributed by atoms with E-state index in [9.17, 15) is 4.79 Å². The monoisotopic (exact) mass is 151 g/mol. The average molecular weight is 151 g/mol. The zero-order valence-corrected chi connectivity index (χ0v) is 6.71. The molecule has 1 heterocycles. The standard InChI is InChI=1S/C9H13NO/c1-2-3-6-4-5-7-8(6)10-9(7)11/h2-3,6-8H,4-5H2,1H3,(H,10,11)/b3-2-/t6?,7-,8+/m1/s1. The van der Waals surface area contributed by atoms with E-state index in [1.807, 2.05) is 6.92 Å². The summed E-state index contributed by atoms with van der Waals surface area (Å²) in [7, 11) is 0. The van der Waals surface area contributed by atoms with Gasteiger partial charge in [-0.25, -0.2) is 0 Å². The second-order valence-electron chi connectivity index (χ2n) is 3.41. The summed E-state index contributed by atoms with van der Waals surface area (Å²) in [5.41, 5.74) is 0. The summed E-state index contributed by atoms with van der Waals surface area (Å²) in [4.78, 5) is 10.9. The van der Waals surface area contributed by atoms with Crippen LogP contribution >= 0.6 is 0 Å². The molecule has 11 heavy (non-hydrogen) atoms. The van der Waals surface area contributed by atoms with Crippen LogP contribution in [0.1, 0.15) is 19.8 Å². The Hall–Kier alpha value is -0.790. The molecule has 0 aromatic carbocycles. The number of hydrogen-bond donors (Lipinski definition) is 1. The minimum Gasteiger partial charge on any atom is -0.352 e. The normalized spacial score (nSPS) is 41.9. The maximum atomic E-state index is 10.9. The second-order valence-corrected chi connectivity index (χ2v) is 3.41. The van der Waals surface area contributed by atoms with Crippen molar-refractivity contribution in [3.8, 4) is 0 Å². The first-order valence-corrected chi connectivity index (χ1v) is 4.26. The average Bonchev–Trinajstić information content (AvgIpc) is 2.28. The van der Waals surface area contributed by atoms with Gasteiger partial charge in [0.1, 0.15) is 0 Å². The van der Waals surface area contributed by atoms with Gasteiger partial charge in [-0.05, 0) is 25.7 Å². The van der Waals surface area contributed by atoms with Gasteiger partial charge in [0.25, 0.3) is 0 Å². The highest BCUT2D eigenvalue weighted by Gasteiger charge is 2.47. The van der Waals surface area contributed by atoms with E-state index in [1.165, 1.54) is 6.42 Å². The fourth-order valence-corrected chi connectivity index (χ4v) is 2.17. The molecule has 2 nitrogen and oxygen atoms in total.